The van der Waals surface area contributed by atoms with Crippen LogP contribution in [-0.2, 0) is 13.5 Å². The standard InChI is InChI=1S/C13H24N4/c1-11-4-7-17(13(9-11)10-14)8-5-12-3-6-15-16(12)2/h3,6,11,13H,4-5,7-10,14H2,1-2H3. The first kappa shape index (κ1) is 12.6. The van der Waals surface area contributed by atoms with E-state index in [2.05, 4.69) is 23.0 Å². The van der Waals surface area contributed by atoms with E-state index in [-0.39, 0.29) is 0 Å². The number of nitrogens with zero attached hydrogens (tertiary/aromatic N) is 3. The van der Waals surface area contributed by atoms with Gasteiger partial charge in [0.1, 0.15) is 0 Å². The van der Waals surface area contributed by atoms with Crippen LogP contribution < -0.4 is 5.73 Å². The minimum atomic E-state index is 0.576. The van der Waals surface area contributed by atoms with Gasteiger partial charge >= 0.3 is 0 Å². The Kier molecular flexibility index (Phi) is 4.18. The van der Waals surface area contributed by atoms with Crippen molar-refractivity contribution in [3.05, 3.63) is 18.0 Å². The molecule has 1 aromatic heterocycles. The van der Waals surface area contributed by atoms with E-state index in [4.69, 9.17) is 5.73 Å². The van der Waals surface area contributed by atoms with E-state index >= 15 is 0 Å². The third-order valence-electron chi connectivity index (χ3n) is 3.95. The van der Waals surface area contributed by atoms with E-state index in [9.17, 15) is 0 Å². The van der Waals surface area contributed by atoms with Crippen LogP contribution in [-0.4, -0.2) is 40.4 Å². The summed E-state index contributed by atoms with van der Waals surface area (Å²) in [4.78, 5) is 2.55. The molecule has 17 heavy (non-hydrogen) atoms. The Hall–Kier alpha value is -0.870. The molecule has 0 bridgehead atoms. The van der Waals surface area contributed by atoms with E-state index in [0.717, 1.165) is 25.4 Å². The van der Waals surface area contributed by atoms with Gasteiger partial charge in [-0.3, -0.25) is 9.58 Å². The quantitative estimate of drug-likeness (QED) is 0.849. The molecule has 1 aromatic rings. The fourth-order valence-electron chi connectivity index (χ4n) is 2.74. The van der Waals surface area contributed by atoms with Gasteiger partial charge in [-0.05, 0) is 31.4 Å². The molecule has 2 unspecified atom stereocenters. The lowest BCUT2D eigenvalue weighted by atomic mass is 9.92. The first-order valence-corrected chi connectivity index (χ1v) is 6.61. The van der Waals surface area contributed by atoms with Gasteiger partial charge in [0.05, 0.1) is 0 Å². The molecule has 0 amide bonds. The number of aryl methyl sites for hydroxylation is 1. The summed E-state index contributed by atoms with van der Waals surface area (Å²) >= 11 is 0. The molecule has 1 aliphatic heterocycles. The minimum Gasteiger partial charge on any atom is -0.329 e. The molecule has 0 spiro atoms. The fraction of sp³-hybridized carbons (Fsp3) is 0.769. The number of aromatic nitrogens is 2. The number of hydrogen-bond acceptors (Lipinski definition) is 3. The van der Waals surface area contributed by atoms with Crippen molar-refractivity contribution < 1.29 is 0 Å². The van der Waals surface area contributed by atoms with Crippen molar-refractivity contribution >= 4 is 0 Å². The van der Waals surface area contributed by atoms with Crippen molar-refractivity contribution in [2.45, 2.75) is 32.2 Å². The van der Waals surface area contributed by atoms with Crippen molar-refractivity contribution in [3.8, 4) is 0 Å². The molecule has 2 N–H and O–H groups in total. The lowest BCUT2D eigenvalue weighted by molar-refractivity contribution is 0.123. The highest BCUT2D eigenvalue weighted by Crippen LogP contribution is 2.21. The molecular weight excluding hydrogens is 212 g/mol. The van der Waals surface area contributed by atoms with Crippen molar-refractivity contribution in [2.75, 3.05) is 19.6 Å². The highest BCUT2D eigenvalue weighted by molar-refractivity contribution is 5.00. The summed E-state index contributed by atoms with van der Waals surface area (Å²) in [6, 6.07) is 2.68. The van der Waals surface area contributed by atoms with Crippen LogP contribution in [0.3, 0.4) is 0 Å². The van der Waals surface area contributed by atoms with Gasteiger partial charge in [0, 0.05) is 44.5 Å². The largest absolute Gasteiger partial charge is 0.329 e. The number of hydrogen-bond donors (Lipinski definition) is 1. The zero-order valence-electron chi connectivity index (χ0n) is 11.0. The Balaban J connectivity index is 1.87. The number of nitrogens with two attached hydrogens (primary N) is 1. The van der Waals surface area contributed by atoms with E-state index < -0.39 is 0 Å². The van der Waals surface area contributed by atoms with Gasteiger partial charge in [-0.15, -0.1) is 0 Å². The van der Waals surface area contributed by atoms with Crippen molar-refractivity contribution in [1.29, 1.82) is 0 Å². The smallest absolute Gasteiger partial charge is 0.0492 e. The predicted molar refractivity (Wildman–Crippen MR) is 69.7 cm³/mol. The highest BCUT2D eigenvalue weighted by Gasteiger charge is 2.24. The van der Waals surface area contributed by atoms with Crippen LogP contribution >= 0.6 is 0 Å². The predicted octanol–water partition coefficient (Wildman–Crippen LogP) is 1.02. The summed E-state index contributed by atoms with van der Waals surface area (Å²) in [6.45, 7) is 5.42. The van der Waals surface area contributed by atoms with Crippen molar-refractivity contribution in [2.24, 2.45) is 18.7 Å². The van der Waals surface area contributed by atoms with Gasteiger partial charge in [0.15, 0.2) is 0 Å². The van der Waals surface area contributed by atoms with E-state index in [0.29, 0.717) is 6.04 Å². The highest BCUT2D eigenvalue weighted by atomic mass is 15.3. The summed E-state index contributed by atoms with van der Waals surface area (Å²) in [5, 5.41) is 4.21. The van der Waals surface area contributed by atoms with Crippen LogP contribution in [0, 0.1) is 5.92 Å². The Bertz CT molecular complexity index is 347. The lowest BCUT2D eigenvalue weighted by Gasteiger charge is -2.37. The molecule has 0 saturated carbocycles. The van der Waals surface area contributed by atoms with Crippen LogP contribution in [0.5, 0.6) is 0 Å². The third kappa shape index (κ3) is 3.07. The summed E-state index contributed by atoms with van der Waals surface area (Å²) in [7, 11) is 2.01. The second kappa shape index (κ2) is 5.65. The topological polar surface area (TPSA) is 47.1 Å². The lowest BCUT2D eigenvalue weighted by Crippen LogP contribution is -2.47. The van der Waals surface area contributed by atoms with Crippen molar-refractivity contribution in [3.63, 3.8) is 0 Å². The maximum atomic E-state index is 5.88. The Labute approximate surface area is 104 Å². The Morgan fingerprint density at radius 2 is 2.35 bits per heavy atom. The summed E-state index contributed by atoms with van der Waals surface area (Å²) < 4.78 is 1.96. The maximum absolute atomic E-state index is 5.88. The van der Waals surface area contributed by atoms with Crippen LogP contribution in [0.2, 0.25) is 0 Å². The zero-order chi connectivity index (χ0) is 12.3. The van der Waals surface area contributed by atoms with Crippen LogP contribution in [0.4, 0.5) is 0 Å². The van der Waals surface area contributed by atoms with Gasteiger partial charge in [-0.1, -0.05) is 6.92 Å². The normalized spacial score (nSPS) is 26.3. The maximum Gasteiger partial charge on any atom is 0.0492 e. The summed E-state index contributed by atoms with van der Waals surface area (Å²) in [5.41, 5.74) is 7.18. The number of rotatable bonds is 4. The average molecular weight is 236 g/mol. The molecule has 1 fully saturated rings. The van der Waals surface area contributed by atoms with Crippen LogP contribution in [0.1, 0.15) is 25.5 Å². The van der Waals surface area contributed by atoms with E-state index in [1.54, 1.807) is 0 Å². The molecular formula is C13H24N4. The molecule has 2 rings (SSSR count). The summed E-state index contributed by atoms with van der Waals surface area (Å²) in [5.74, 6) is 0.830. The summed E-state index contributed by atoms with van der Waals surface area (Å²) in [6.07, 6.45) is 5.50. The van der Waals surface area contributed by atoms with Gasteiger partial charge in [-0.2, -0.15) is 5.10 Å². The molecule has 0 aliphatic carbocycles. The monoisotopic (exact) mass is 236 g/mol. The molecule has 96 valence electrons. The third-order valence-corrected chi connectivity index (χ3v) is 3.95. The Morgan fingerprint density at radius 1 is 1.53 bits per heavy atom. The van der Waals surface area contributed by atoms with Gasteiger partial charge in [0.2, 0.25) is 0 Å². The molecule has 2 heterocycles. The van der Waals surface area contributed by atoms with Gasteiger partial charge in [-0.25, -0.2) is 0 Å². The fourth-order valence-corrected chi connectivity index (χ4v) is 2.74. The van der Waals surface area contributed by atoms with Crippen LogP contribution in [0.15, 0.2) is 12.3 Å². The first-order valence-electron chi connectivity index (χ1n) is 6.61. The molecule has 0 radical (unpaired) electrons. The molecule has 0 aromatic carbocycles. The molecule has 4 heteroatoms. The van der Waals surface area contributed by atoms with Gasteiger partial charge in [0.25, 0.3) is 0 Å². The molecule has 4 nitrogen and oxygen atoms in total. The first-order chi connectivity index (χ1) is 8.20. The second-order valence-corrected chi connectivity index (χ2v) is 5.25. The van der Waals surface area contributed by atoms with E-state index in [1.807, 2.05) is 17.9 Å². The Morgan fingerprint density at radius 3 is 3.00 bits per heavy atom. The molecule has 1 aliphatic rings. The second-order valence-electron chi connectivity index (χ2n) is 5.25. The molecule has 2 atom stereocenters. The molecule has 1 saturated heterocycles. The van der Waals surface area contributed by atoms with E-state index in [1.165, 1.54) is 25.1 Å². The zero-order valence-corrected chi connectivity index (χ0v) is 11.0. The van der Waals surface area contributed by atoms with Gasteiger partial charge < -0.3 is 5.73 Å². The minimum absolute atomic E-state index is 0.576. The van der Waals surface area contributed by atoms with Crippen LogP contribution in [0.25, 0.3) is 0 Å². The van der Waals surface area contributed by atoms with Crippen molar-refractivity contribution in [1.82, 2.24) is 14.7 Å². The number of piperidine rings is 1. The SMILES string of the molecule is CC1CCN(CCc2ccnn2C)C(CN)C1. The average Bonchev–Trinajstić information content (AvgIpc) is 2.73. The number of likely N-dealkylation sites (tertiary alicyclic amines) is 1.